The summed E-state index contributed by atoms with van der Waals surface area (Å²) in [5.41, 5.74) is 0.231. The molecule has 0 aromatic heterocycles. The quantitative estimate of drug-likeness (QED) is 0.465. The summed E-state index contributed by atoms with van der Waals surface area (Å²) in [6.45, 7) is 0. The molecule has 0 aliphatic carbocycles. The van der Waals surface area contributed by atoms with E-state index in [0.717, 1.165) is 6.26 Å². The van der Waals surface area contributed by atoms with Crippen LogP contribution in [0.3, 0.4) is 0 Å². The number of carbonyl (C=O) groups is 1. The molecule has 2 N–H and O–H groups in total. The Balaban J connectivity index is 2.99. The van der Waals surface area contributed by atoms with Gasteiger partial charge in [0.2, 0.25) is 0 Å². The van der Waals surface area contributed by atoms with Crippen molar-refractivity contribution in [2.45, 2.75) is 0 Å². The molecule has 0 amide bonds. The molecule has 1 aromatic carbocycles. The van der Waals surface area contributed by atoms with E-state index in [0.29, 0.717) is 5.56 Å². The minimum Gasteiger partial charge on any atom is -0.478 e. The maximum absolute atomic E-state index is 10.8. The van der Waals surface area contributed by atoms with E-state index in [-0.39, 0.29) is 5.57 Å². The van der Waals surface area contributed by atoms with Crippen LogP contribution in [-0.2, 0) is 13.9 Å². The van der Waals surface area contributed by atoms with Crippen molar-refractivity contribution in [2.24, 2.45) is 0 Å². The highest BCUT2D eigenvalue weighted by atomic mass is 31.1. The first-order chi connectivity index (χ1) is 7.11. The van der Waals surface area contributed by atoms with Gasteiger partial charge in [0.05, 0.1) is 0 Å². The first kappa shape index (κ1) is 11.4. The second kappa shape index (κ2) is 5.24. The molecular formula is C9H8O5P+. The zero-order chi connectivity index (χ0) is 11.3. The molecule has 0 radical (unpaired) electrons. The van der Waals surface area contributed by atoms with E-state index in [9.17, 15) is 9.36 Å². The third-order valence-electron chi connectivity index (χ3n) is 1.58. The highest BCUT2D eigenvalue weighted by Gasteiger charge is 2.15. The predicted molar refractivity (Wildman–Crippen MR) is 53.0 cm³/mol. The molecule has 0 aliphatic rings. The van der Waals surface area contributed by atoms with Crippen LogP contribution in [0.25, 0.3) is 5.57 Å². The van der Waals surface area contributed by atoms with Gasteiger partial charge in [-0.3, -0.25) is 0 Å². The lowest BCUT2D eigenvalue weighted by Crippen LogP contribution is -1.99. The maximum Gasteiger partial charge on any atom is 0.746 e. The van der Waals surface area contributed by atoms with Crippen molar-refractivity contribution in [3.63, 3.8) is 0 Å². The fourth-order valence-corrected chi connectivity index (χ4v) is 1.15. The summed E-state index contributed by atoms with van der Waals surface area (Å²) in [6, 6.07) is 8.17. The average Bonchev–Trinajstić information content (AvgIpc) is 2.18. The number of hydrogen-bond donors (Lipinski definition) is 2. The highest BCUT2D eigenvalue weighted by Crippen LogP contribution is 2.20. The zero-order valence-electron chi connectivity index (χ0n) is 7.53. The predicted octanol–water partition coefficient (Wildman–Crippen LogP) is 1.78. The van der Waals surface area contributed by atoms with Gasteiger partial charge in [0.15, 0.2) is 6.26 Å². The van der Waals surface area contributed by atoms with Gasteiger partial charge < -0.3 is 5.11 Å². The van der Waals surface area contributed by atoms with Gasteiger partial charge in [-0.2, -0.15) is 0 Å². The summed E-state index contributed by atoms with van der Waals surface area (Å²) in [4.78, 5) is 19.2. The van der Waals surface area contributed by atoms with Crippen LogP contribution in [0.4, 0.5) is 0 Å². The number of hydrogen-bond acceptors (Lipinski definition) is 3. The Morgan fingerprint density at radius 2 is 1.93 bits per heavy atom. The van der Waals surface area contributed by atoms with Gasteiger partial charge in [-0.1, -0.05) is 30.3 Å². The molecule has 1 atom stereocenters. The molecule has 1 rings (SSSR count). The molecule has 0 bridgehead atoms. The molecular weight excluding hydrogens is 219 g/mol. The number of carboxylic acids is 1. The van der Waals surface area contributed by atoms with Gasteiger partial charge in [-0.05, 0) is 5.56 Å². The summed E-state index contributed by atoms with van der Waals surface area (Å²) >= 11 is 0. The van der Waals surface area contributed by atoms with E-state index in [2.05, 4.69) is 4.52 Å². The van der Waals surface area contributed by atoms with Crippen LogP contribution in [0.15, 0.2) is 36.6 Å². The first-order valence-electron chi connectivity index (χ1n) is 3.93. The van der Waals surface area contributed by atoms with Crippen LogP contribution in [0.1, 0.15) is 5.56 Å². The molecule has 0 spiro atoms. The molecule has 5 nitrogen and oxygen atoms in total. The van der Waals surface area contributed by atoms with Gasteiger partial charge in [0.1, 0.15) is 5.57 Å². The van der Waals surface area contributed by atoms with E-state index in [4.69, 9.17) is 10.00 Å². The number of rotatable bonds is 4. The van der Waals surface area contributed by atoms with E-state index >= 15 is 0 Å². The van der Waals surface area contributed by atoms with E-state index in [1.807, 2.05) is 0 Å². The van der Waals surface area contributed by atoms with Crippen molar-refractivity contribution in [2.75, 3.05) is 0 Å². The minimum absolute atomic E-state index is 0.173. The summed E-state index contributed by atoms with van der Waals surface area (Å²) in [5, 5.41) is 8.81. The van der Waals surface area contributed by atoms with E-state index in [1.54, 1.807) is 30.3 Å². The van der Waals surface area contributed by atoms with Gasteiger partial charge in [0, 0.05) is 4.57 Å². The molecule has 1 unspecified atom stereocenters. The molecule has 0 aliphatic heterocycles. The van der Waals surface area contributed by atoms with Gasteiger partial charge in [-0.15, -0.1) is 4.89 Å². The van der Waals surface area contributed by atoms with Gasteiger partial charge in [0.25, 0.3) is 0 Å². The number of carboxylic acid groups (broad SMARTS) is 1. The first-order valence-corrected chi connectivity index (χ1v) is 5.06. The van der Waals surface area contributed by atoms with Crippen LogP contribution in [0, 0.1) is 0 Å². The van der Waals surface area contributed by atoms with Crippen molar-refractivity contribution in [3.05, 3.63) is 42.2 Å². The monoisotopic (exact) mass is 227 g/mol. The lowest BCUT2D eigenvalue weighted by molar-refractivity contribution is -0.130. The summed E-state index contributed by atoms with van der Waals surface area (Å²) in [6.07, 6.45) is 0.760. The Hall–Kier alpha value is -1.71. The van der Waals surface area contributed by atoms with Crippen LogP contribution in [-0.4, -0.2) is 16.0 Å². The van der Waals surface area contributed by atoms with Crippen molar-refractivity contribution < 1.29 is 23.9 Å². The van der Waals surface area contributed by atoms with Crippen LogP contribution < -0.4 is 0 Å². The lowest BCUT2D eigenvalue weighted by Gasteiger charge is -1.98. The van der Waals surface area contributed by atoms with E-state index < -0.39 is 14.2 Å². The highest BCUT2D eigenvalue weighted by molar-refractivity contribution is 7.32. The van der Waals surface area contributed by atoms with Crippen molar-refractivity contribution in [1.82, 2.24) is 0 Å². The standard InChI is InChI=1S/C9H7O5P/c10-9(11)8(6-14-15(12)13)7-4-2-1-3-5-7/h1-6H,(H-,10,11,12,13)/p+1. The molecule has 0 fully saturated rings. The topological polar surface area (TPSA) is 83.8 Å². The molecule has 6 heteroatoms. The SMILES string of the molecule is O=C(O)C(=CO[P+](=O)O)c1ccccc1. The van der Waals surface area contributed by atoms with Crippen molar-refractivity contribution in [3.8, 4) is 0 Å². The lowest BCUT2D eigenvalue weighted by atomic mass is 10.1. The third-order valence-corrected chi connectivity index (χ3v) is 1.86. The second-order valence-electron chi connectivity index (χ2n) is 2.55. The summed E-state index contributed by atoms with van der Waals surface area (Å²) < 4.78 is 14.5. The Morgan fingerprint density at radius 1 is 1.33 bits per heavy atom. The number of benzene rings is 1. The summed E-state index contributed by atoms with van der Waals surface area (Å²) in [7, 11) is -2.84. The Labute approximate surface area is 86.6 Å². The molecule has 1 aromatic rings. The minimum atomic E-state index is -2.84. The fourth-order valence-electron chi connectivity index (χ4n) is 0.957. The molecule has 0 saturated carbocycles. The van der Waals surface area contributed by atoms with Crippen molar-refractivity contribution in [1.29, 1.82) is 0 Å². The average molecular weight is 227 g/mol. The van der Waals surface area contributed by atoms with Crippen LogP contribution in [0.2, 0.25) is 0 Å². The van der Waals surface area contributed by atoms with Crippen molar-refractivity contribution >= 4 is 19.8 Å². The largest absolute Gasteiger partial charge is 0.746 e. The Morgan fingerprint density at radius 3 is 2.40 bits per heavy atom. The molecule has 15 heavy (non-hydrogen) atoms. The summed E-state index contributed by atoms with van der Waals surface area (Å²) in [5.74, 6) is -1.22. The second-order valence-corrected chi connectivity index (χ2v) is 3.23. The third kappa shape index (κ3) is 3.50. The maximum atomic E-state index is 10.8. The van der Waals surface area contributed by atoms with Crippen LogP contribution >= 0.6 is 8.25 Å². The molecule has 0 heterocycles. The Bertz CT molecular complexity index is 398. The molecule has 0 saturated heterocycles. The Kier molecular flexibility index (Phi) is 3.97. The number of aliphatic carboxylic acids is 1. The fraction of sp³-hybridized carbons (Fsp3) is 0. The van der Waals surface area contributed by atoms with Gasteiger partial charge in [-0.25, -0.2) is 9.32 Å². The van der Waals surface area contributed by atoms with Gasteiger partial charge >= 0.3 is 14.2 Å². The smallest absolute Gasteiger partial charge is 0.478 e. The normalized spacial score (nSPS) is 12.1. The van der Waals surface area contributed by atoms with Crippen LogP contribution in [0.5, 0.6) is 0 Å². The zero-order valence-corrected chi connectivity index (χ0v) is 8.42. The van der Waals surface area contributed by atoms with E-state index in [1.165, 1.54) is 0 Å². The molecule has 78 valence electrons.